The van der Waals surface area contributed by atoms with Crippen LogP contribution in [-0.4, -0.2) is 18.2 Å². The van der Waals surface area contributed by atoms with Crippen LogP contribution < -0.4 is 10.1 Å². The first kappa shape index (κ1) is 12.7. The van der Waals surface area contributed by atoms with Crippen molar-refractivity contribution in [3.8, 4) is 5.75 Å². The Labute approximate surface area is 108 Å². The number of nitrogens with one attached hydrogen (secondary N) is 1. The predicted molar refractivity (Wildman–Crippen MR) is 73.8 cm³/mol. The zero-order chi connectivity index (χ0) is 12.8. The highest BCUT2D eigenvalue weighted by atomic mass is 16.5. The summed E-state index contributed by atoms with van der Waals surface area (Å²) in [4.78, 5) is 0. The van der Waals surface area contributed by atoms with Crippen LogP contribution in [0.5, 0.6) is 5.75 Å². The van der Waals surface area contributed by atoms with Crippen molar-refractivity contribution in [2.24, 2.45) is 0 Å². The van der Waals surface area contributed by atoms with Crippen LogP contribution in [0.3, 0.4) is 0 Å². The van der Waals surface area contributed by atoms with Crippen molar-refractivity contribution in [2.75, 3.05) is 13.7 Å². The summed E-state index contributed by atoms with van der Waals surface area (Å²) < 4.78 is 7.93. The maximum absolute atomic E-state index is 5.71. The van der Waals surface area contributed by atoms with Crippen LogP contribution in [0.15, 0.2) is 48.7 Å². The molecule has 0 fully saturated rings. The van der Waals surface area contributed by atoms with E-state index in [9.17, 15) is 0 Å². The Hall–Kier alpha value is -1.74. The molecule has 0 saturated carbocycles. The molecule has 0 aliphatic rings. The van der Waals surface area contributed by atoms with Gasteiger partial charge in [0.25, 0.3) is 0 Å². The second-order valence-electron chi connectivity index (χ2n) is 4.30. The van der Waals surface area contributed by atoms with Crippen LogP contribution >= 0.6 is 0 Å². The average Bonchev–Trinajstić information content (AvgIpc) is 2.87. The Balaban J connectivity index is 1.89. The lowest BCUT2D eigenvalue weighted by atomic mass is 10.2. The number of benzene rings is 1. The van der Waals surface area contributed by atoms with E-state index in [4.69, 9.17) is 4.74 Å². The number of nitrogens with zero attached hydrogens (tertiary/aromatic N) is 1. The van der Waals surface area contributed by atoms with Gasteiger partial charge in [-0.2, -0.15) is 0 Å². The molecule has 0 saturated heterocycles. The summed E-state index contributed by atoms with van der Waals surface area (Å²) in [7, 11) is 1.97. The Kier molecular flexibility index (Phi) is 4.42. The monoisotopic (exact) mass is 244 g/mol. The van der Waals surface area contributed by atoms with Gasteiger partial charge in [0.15, 0.2) is 0 Å². The molecule has 1 aromatic carbocycles. The number of ether oxygens (including phenoxy) is 1. The maximum Gasteiger partial charge on any atom is 0.119 e. The smallest absolute Gasteiger partial charge is 0.119 e. The fourth-order valence-electron chi connectivity index (χ4n) is 1.95. The molecule has 1 N–H and O–H groups in total. The minimum atomic E-state index is 0.358. The van der Waals surface area contributed by atoms with Gasteiger partial charge in [0.05, 0.1) is 6.54 Å². The summed E-state index contributed by atoms with van der Waals surface area (Å²) in [5.74, 6) is 0.924. The van der Waals surface area contributed by atoms with Crippen LogP contribution in [-0.2, 0) is 6.54 Å². The first-order valence-corrected chi connectivity index (χ1v) is 6.31. The van der Waals surface area contributed by atoms with Crippen molar-refractivity contribution >= 4 is 0 Å². The van der Waals surface area contributed by atoms with E-state index in [0.717, 1.165) is 12.3 Å². The molecule has 3 nitrogen and oxygen atoms in total. The third kappa shape index (κ3) is 3.14. The molecule has 1 atom stereocenters. The van der Waals surface area contributed by atoms with Gasteiger partial charge in [-0.25, -0.2) is 0 Å². The molecule has 96 valence electrons. The summed E-state index contributed by atoms with van der Waals surface area (Å²) in [6.07, 6.45) is 2.09. The average molecular weight is 244 g/mol. The number of hydrogen-bond donors (Lipinski definition) is 1. The maximum atomic E-state index is 5.71. The van der Waals surface area contributed by atoms with Gasteiger partial charge in [0, 0.05) is 17.9 Å². The third-order valence-corrected chi connectivity index (χ3v) is 3.09. The Morgan fingerprint density at radius 3 is 2.67 bits per heavy atom. The second-order valence-corrected chi connectivity index (χ2v) is 4.30. The summed E-state index contributed by atoms with van der Waals surface area (Å²) in [5, 5.41) is 3.25. The van der Waals surface area contributed by atoms with Crippen molar-refractivity contribution in [2.45, 2.75) is 19.5 Å². The fourth-order valence-corrected chi connectivity index (χ4v) is 1.95. The second kappa shape index (κ2) is 6.26. The SMILES string of the molecule is CNC(C)c1cccn1CCOc1ccccc1. The molecular weight excluding hydrogens is 224 g/mol. The molecule has 1 aromatic heterocycles. The van der Waals surface area contributed by atoms with Crippen LogP contribution in [0, 0.1) is 0 Å². The summed E-state index contributed by atoms with van der Waals surface area (Å²) >= 11 is 0. The Morgan fingerprint density at radius 2 is 1.94 bits per heavy atom. The zero-order valence-corrected chi connectivity index (χ0v) is 11.0. The molecule has 18 heavy (non-hydrogen) atoms. The lowest BCUT2D eigenvalue weighted by molar-refractivity contribution is 0.295. The van der Waals surface area contributed by atoms with E-state index in [1.54, 1.807) is 0 Å². The largest absolute Gasteiger partial charge is 0.492 e. The van der Waals surface area contributed by atoms with E-state index in [2.05, 4.69) is 35.1 Å². The van der Waals surface area contributed by atoms with Crippen LogP contribution in [0.25, 0.3) is 0 Å². The van der Waals surface area contributed by atoms with Crippen LogP contribution in [0.4, 0.5) is 0 Å². The van der Waals surface area contributed by atoms with E-state index >= 15 is 0 Å². The van der Waals surface area contributed by atoms with Crippen molar-refractivity contribution in [3.63, 3.8) is 0 Å². The lowest BCUT2D eigenvalue weighted by Crippen LogP contribution is -2.18. The highest BCUT2D eigenvalue weighted by Gasteiger charge is 2.07. The first-order valence-electron chi connectivity index (χ1n) is 6.31. The number of aromatic nitrogens is 1. The standard InChI is InChI=1S/C15H20N2O/c1-13(16-2)15-9-6-10-17(15)11-12-18-14-7-4-3-5-8-14/h3-10,13,16H,11-12H2,1-2H3. The van der Waals surface area contributed by atoms with Gasteiger partial charge < -0.3 is 14.6 Å². The van der Waals surface area contributed by atoms with E-state index in [-0.39, 0.29) is 0 Å². The summed E-state index contributed by atoms with van der Waals surface area (Å²) in [6, 6.07) is 14.5. The van der Waals surface area contributed by atoms with Gasteiger partial charge in [0.1, 0.15) is 12.4 Å². The molecule has 0 amide bonds. The molecule has 0 aliphatic heterocycles. The van der Waals surface area contributed by atoms with Crippen molar-refractivity contribution in [1.82, 2.24) is 9.88 Å². The number of hydrogen-bond acceptors (Lipinski definition) is 2. The van der Waals surface area contributed by atoms with Crippen molar-refractivity contribution in [3.05, 3.63) is 54.4 Å². The molecule has 0 spiro atoms. The van der Waals surface area contributed by atoms with Gasteiger partial charge in [-0.3, -0.25) is 0 Å². The molecule has 2 aromatic rings. The van der Waals surface area contributed by atoms with Gasteiger partial charge in [-0.05, 0) is 38.2 Å². The van der Waals surface area contributed by atoms with E-state index in [1.165, 1.54) is 5.69 Å². The molecule has 0 bridgehead atoms. The predicted octanol–water partition coefficient (Wildman–Crippen LogP) is 2.85. The molecule has 1 unspecified atom stereocenters. The van der Waals surface area contributed by atoms with Crippen molar-refractivity contribution in [1.29, 1.82) is 0 Å². The summed E-state index contributed by atoms with van der Waals surface area (Å²) in [5.41, 5.74) is 1.29. The number of rotatable bonds is 6. The van der Waals surface area contributed by atoms with E-state index in [1.807, 2.05) is 37.4 Å². The normalized spacial score (nSPS) is 12.3. The highest BCUT2D eigenvalue weighted by Crippen LogP contribution is 2.13. The highest BCUT2D eigenvalue weighted by molar-refractivity contribution is 5.20. The lowest BCUT2D eigenvalue weighted by Gasteiger charge is -2.15. The van der Waals surface area contributed by atoms with Crippen LogP contribution in [0.2, 0.25) is 0 Å². The van der Waals surface area contributed by atoms with E-state index in [0.29, 0.717) is 12.6 Å². The van der Waals surface area contributed by atoms with Crippen molar-refractivity contribution < 1.29 is 4.74 Å². The minimum Gasteiger partial charge on any atom is -0.492 e. The Morgan fingerprint density at radius 1 is 1.17 bits per heavy atom. The van der Waals surface area contributed by atoms with Gasteiger partial charge in [0.2, 0.25) is 0 Å². The van der Waals surface area contributed by atoms with Gasteiger partial charge in [-0.1, -0.05) is 18.2 Å². The molecule has 0 aliphatic carbocycles. The van der Waals surface area contributed by atoms with E-state index < -0.39 is 0 Å². The molecular formula is C15H20N2O. The molecule has 2 rings (SSSR count). The Bertz CT molecular complexity index is 464. The topological polar surface area (TPSA) is 26.2 Å². The third-order valence-electron chi connectivity index (χ3n) is 3.09. The molecule has 1 heterocycles. The summed E-state index contributed by atoms with van der Waals surface area (Å²) in [6.45, 7) is 3.70. The van der Waals surface area contributed by atoms with Crippen LogP contribution in [0.1, 0.15) is 18.7 Å². The van der Waals surface area contributed by atoms with Gasteiger partial charge in [-0.15, -0.1) is 0 Å². The molecule has 3 heteroatoms. The number of para-hydroxylation sites is 1. The van der Waals surface area contributed by atoms with Gasteiger partial charge >= 0.3 is 0 Å². The fraction of sp³-hybridized carbons (Fsp3) is 0.333. The zero-order valence-electron chi connectivity index (χ0n) is 11.0. The first-order chi connectivity index (χ1) is 8.81. The molecule has 0 radical (unpaired) electrons. The quantitative estimate of drug-likeness (QED) is 0.845. The minimum absolute atomic E-state index is 0.358.